The Morgan fingerprint density at radius 3 is 2.48 bits per heavy atom. The molecule has 2 aromatic carbocycles. The quantitative estimate of drug-likeness (QED) is 0.417. The van der Waals surface area contributed by atoms with Crippen molar-refractivity contribution in [3.8, 4) is 5.69 Å². The normalized spacial score (nSPS) is 16.4. The van der Waals surface area contributed by atoms with Gasteiger partial charge in [0.1, 0.15) is 16.7 Å². The first-order chi connectivity index (χ1) is 16.0. The van der Waals surface area contributed by atoms with E-state index in [0.29, 0.717) is 34.6 Å². The summed E-state index contributed by atoms with van der Waals surface area (Å²) >= 11 is 0. The molecule has 0 N–H and O–H groups in total. The Bertz CT molecular complexity index is 1610. The van der Waals surface area contributed by atoms with Gasteiger partial charge in [0.15, 0.2) is 11.3 Å². The number of aryl methyl sites for hydroxylation is 3. The highest BCUT2D eigenvalue weighted by Gasteiger charge is 2.24. The van der Waals surface area contributed by atoms with Gasteiger partial charge in [0, 0.05) is 12.3 Å². The van der Waals surface area contributed by atoms with Crippen LogP contribution in [-0.4, -0.2) is 36.8 Å². The van der Waals surface area contributed by atoms with Crippen LogP contribution < -0.4 is 5.56 Å². The van der Waals surface area contributed by atoms with Crippen LogP contribution in [0.3, 0.4) is 0 Å². The van der Waals surface area contributed by atoms with Crippen LogP contribution >= 0.6 is 0 Å². The Hall–Kier alpha value is -3.58. The molecule has 0 aliphatic carbocycles. The van der Waals surface area contributed by atoms with Crippen molar-refractivity contribution >= 4 is 33.2 Å². The van der Waals surface area contributed by atoms with E-state index in [1.807, 2.05) is 41.8 Å². The third kappa shape index (κ3) is 3.15. The van der Waals surface area contributed by atoms with E-state index in [9.17, 15) is 4.79 Å². The van der Waals surface area contributed by atoms with Crippen molar-refractivity contribution in [2.75, 3.05) is 6.61 Å². The van der Waals surface area contributed by atoms with Gasteiger partial charge < -0.3 is 4.74 Å². The van der Waals surface area contributed by atoms with E-state index in [2.05, 4.69) is 26.0 Å². The number of benzene rings is 2. The van der Waals surface area contributed by atoms with E-state index < -0.39 is 0 Å². The fraction of sp³-hybridized carbons (Fsp3) is 0.308. The van der Waals surface area contributed by atoms with Crippen LogP contribution in [0, 0.1) is 20.8 Å². The van der Waals surface area contributed by atoms with Crippen LogP contribution in [0.15, 0.2) is 47.3 Å². The molecule has 4 heterocycles. The van der Waals surface area contributed by atoms with Gasteiger partial charge in [-0.2, -0.15) is 0 Å². The fourth-order valence-electron chi connectivity index (χ4n) is 4.75. The Kier molecular flexibility index (Phi) is 4.55. The predicted molar refractivity (Wildman–Crippen MR) is 129 cm³/mol. The molecular weight excluding hydrogens is 414 g/mol. The van der Waals surface area contributed by atoms with Crippen LogP contribution in [-0.2, 0) is 11.3 Å². The maximum atomic E-state index is 13.8. The summed E-state index contributed by atoms with van der Waals surface area (Å²) in [6.07, 6.45) is 2.02. The lowest BCUT2D eigenvalue weighted by molar-refractivity contribution is 0.0955. The Morgan fingerprint density at radius 1 is 0.970 bits per heavy atom. The van der Waals surface area contributed by atoms with Gasteiger partial charge in [0.05, 0.1) is 23.7 Å². The summed E-state index contributed by atoms with van der Waals surface area (Å²) in [7, 11) is 0. The lowest BCUT2D eigenvalue weighted by Crippen LogP contribution is -2.29. The first-order valence-electron chi connectivity index (χ1n) is 11.4. The molecule has 7 heteroatoms. The van der Waals surface area contributed by atoms with Gasteiger partial charge in [-0.15, -0.1) is 0 Å². The molecule has 5 aromatic rings. The summed E-state index contributed by atoms with van der Waals surface area (Å²) in [5.41, 5.74) is 6.57. The summed E-state index contributed by atoms with van der Waals surface area (Å²) in [5, 5.41) is 0.505. The number of fused-ring (bicyclic) bond motifs is 4. The van der Waals surface area contributed by atoms with Crippen molar-refractivity contribution in [1.29, 1.82) is 0 Å². The summed E-state index contributed by atoms with van der Waals surface area (Å²) in [6, 6.07) is 14.0. The molecule has 166 valence electrons. The Labute approximate surface area is 190 Å². The second-order valence-electron chi connectivity index (χ2n) is 8.90. The van der Waals surface area contributed by atoms with Crippen LogP contribution in [0.25, 0.3) is 38.9 Å². The lowest BCUT2D eigenvalue weighted by Gasteiger charge is -2.15. The van der Waals surface area contributed by atoms with E-state index in [1.165, 1.54) is 11.1 Å². The molecule has 1 unspecified atom stereocenters. The van der Waals surface area contributed by atoms with E-state index in [-0.39, 0.29) is 11.7 Å². The van der Waals surface area contributed by atoms with Gasteiger partial charge in [0.2, 0.25) is 0 Å². The smallest absolute Gasteiger partial charge is 0.265 e. The second-order valence-corrected chi connectivity index (χ2v) is 8.90. The minimum atomic E-state index is -0.0924. The van der Waals surface area contributed by atoms with Crippen LogP contribution in [0.5, 0.6) is 0 Å². The number of hydrogen-bond acceptors (Lipinski definition) is 5. The molecule has 0 amide bonds. The van der Waals surface area contributed by atoms with E-state index >= 15 is 0 Å². The zero-order chi connectivity index (χ0) is 22.7. The number of hydrogen-bond donors (Lipinski definition) is 0. The van der Waals surface area contributed by atoms with Gasteiger partial charge in [-0.25, -0.2) is 15.0 Å². The molecule has 0 bridgehead atoms. The molecule has 1 atom stereocenters. The van der Waals surface area contributed by atoms with Crippen molar-refractivity contribution in [1.82, 2.24) is 24.1 Å². The van der Waals surface area contributed by atoms with Gasteiger partial charge in [-0.05, 0) is 69.0 Å². The van der Waals surface area contributed by atoms with Crippen molar-refractivity contribution in [3.63, 3.8) is 0 Å². The summed E-state index contributed by atoms with van der Waals surface area (Å²) in [6.45, 7) is 7.31. The standard InChI is InChI=1S/C26H25N5O2/c1-15-10-11-18(13-16(15)2)31-24-22(23-25(31)29-21-9-5-4-8-20(21)28-23)26(32)30(17(3)27-24)14-19-7-6-12-33-19/h4-5,8-11,13,19H,6-7,12,14H2,1-3H3. The molecule has 7 nitrogen and oxygen atoms in total. The topological polar surface area (TPSA) is 74.8 Å². The van der Waals surface area contributed by atoms with Crippen molar-refractivity contribution < 1.29 is 4.74 Å². The van der Waals surface area contributed by atoms with E-state index in [4.69, 9.17) is 19.7 Å². The number of ether oxygens (including phenoxy) is 1. The number of aromatic nitrogens is 5. The third-order valence-corrected chi connectivity index (χ3v) is 6.71. The minimum absolute atomic E-state index is 0.0423. The summed E-state index contributed by atoms with van der Waals surface area (Å²) in [4.78, 5) is 28.6. The first kappa shape index (κ1) is 20.1. The summed E-state index contributed by atoms with van der Waals surface area (Å²) in [5.74, 6) is 0.667. The minimum Gasteiger partial charge on any atom is -0.376 e. The molecule has 0 spiro atoms. The molecule has 3 aromatic heterocycles. The Morgan fingerprint density at radius 2 is 1.76 bits per heavy atom. The zero-order valence-corrected chi connectivity index (χ0v) is 19.0. The van der Waals surface area contributed by atoms with Gasteiger partial charge >= 0.3 is 0 Å². The molecule has 33 heavy (non-hydrogen) atoms. The highest BCUT2D eigenvalue weighted by molar-refractivity contribution is 6.05. The highest BCUT2D eigenvalue weighted by atomic mass is 16.5. The van der Waals surface area contributed by atoms with E-state index in [0.717, 1.165) is 36.2 Å². The second kappa shape index (κ2) is 7.49. The molecule has 1 saturated heterocycles. The van der Waals surface area contributed by atoms with Gasteiger partial charge in [-0.1, -0.05) is 18.2 Å². The average Bonchev–Trinajstić information content (AvgIpc) is 3.42. The number of rotatable bonds is 3. The molecule has 0 radical (unpaired) electrons. The van der Waals surface area contributed by atoms with E-state index in [1.54, 1.807) is 4.57 Å². The molecule has 1 fully saturated rings. The third-order valence-electron chi connectivity index (χ3n) is 6.71. The maximum Gasteiger partial charge on any atom is 0.265 e. The lowest BCUT2D eigenvalue weighted by atomic mass is 10.1. The largest absolute Gasteiger partial charge is 0.376 e. The van der Waals surface area contributed by atoms with Gasteiger partial charge in [-0.3, -0.25) is 13.9 Å². The summed E-state index contributed by atoms with van der Waals surface area (Å²) < 4.78 is 9.51. The zero-order valence-electron chi connectivity index (χ0n) is 19.0. The Balaban J connectivity index is 1.72. The highest BCUT2D eigenvalue weighted by Crippen LogP contribution is 2.29. The molecular formula is C26H25N5O2. The molecule has 1 aliphatic heterocycles. The molecule has 6 rings (SSSR count). The van der Waals surface area contributed by atoms with Crippen molar-refractivity contribution in [3.05, 3.63) is 69.8 Å². The van der Waals surface area contributed by atoms with Crippen molar-refractivity contribution in [2.45, 2.75) is 46.3 Å². The molecule has 1 aliphatic rings. The van der Waals surface area contributed by atoms with Gasteiger partial charge in [0.25, 0.3) is 5.56 Å². The maximum absolute atomic E-state index is 13.8. The fourth-order valence-corrected chi connectivity index (χ4v) is 4.75. The van der Waals surface area contributed by atoms with Crippen LogP contribution in [0.4, 0.5) is 0 Å². The SMILES string of the molecule is Cc1ccc(-n2c3nc4ccccc4nc3c3c(=O)n(CC4CCCO4)c(C)nc32)cc1C. The number of nitrogens with zero attached hydrogens (tertiary/aromatic N) is 5. The first-order valence-corrected chi connectivity index (χ1v) is 11.4. The van der Waals surface area contributed by atoms with Crippen LogP contribution in [0.2, 0.25) is 0 Å². The number of para-hydroxylation sites is 2. The predicted octanol–water partition coefficient (Wildman–Crippen LogP) is 4.39. The molecule has 0 saturated carbocycles. The monoisotopic (exact) mass is 439 g/mol. The van der Waals surface area contributed by atoms with Crippen LogP contribution in [0.1, 0.15) is 29.8 Å². The average molecular weight is 440 g/mol. The van der Waals surface area contributed by atoms with Crippen molar-refractivity contribution in [2.24, 2.45) is 0 Å².